The van der Waals surface area contributed by atoms with Crippen LogP contribution in [0.4, 0.5) is 0 Å². The fourth-order valence-electron chi connectivity index (χ4n) is 4.96. The molecular weight excluding hydrogens is 484 g/mol. The van der Waals surface area contributed by atoms with Crippen molar-refractivity contribution in [3.63, 3.8) is 0 Å². The zero-order chi connectivity index (χ0) is 25.9. The maximum Gasteiger partial charge on any atom is 0.258 e. The van der Waals surface area contributed by atoms with Gasteiger partial charge in [-0.25, -0.2) is 0 Å². The summed E-state index contributed by atoms with van der Waals surface area (Å²) >= 11 is 1.73. The maximum atomic E-state index is 13.8. The lowest BCUT2D eigenvalue weighted by atomic mass is 10.00. The van der Waals surface area contributed by atoms with Gasteiger partial charge in [-0.3, -0.25) is 9.59 Å². The number of fused-ring (bicyclic) bond motifs is 1. The normalized spacial score (nSPS) is 16.9. The van der Waals surface area contributed by atoms with E-state index >= 15 is 0 Å². The van der Waals surface area contributed by atoms with Crippen LogP contribution in [0.3, 0.4) is 0 Å². The molecule has 0 bridgehead atoms. The van der Waals surface area contributed by atoms with Crippen LogP contribution in [0.25, 0.3) is 0 Å². The Morgan fingerprint density at radius 2 is 1.84 bits per heavy atom. The van der Waals surface area contributed by atoms with E-state index in [0.29, 0.717) is 30.4 Å². The molecule has 5 rings (SSSR count). The standard InChI is InChI=1S/C30H34N2O4S/c1-20(2)21-8-12-23(13-9-21)36-19-26-24-15-17-37-28(24)14-16-31(26)29(33)18-32(22-10-11-22)30(34)25-6-4-5-7-27(25)35-3/h4-9,12-13,15,17,20,22,26H,10-11,14,16,18-19H2,1-3H3/t26-/m0/s1. The number of methoxy groups -OCH3 is 1. The molecule has 1 atom stereocenters. The second-order valence-corrected chi connectivity index (χ2v) is 11.1. The van der Waals surface area contributed by atoms with Crippen molar-refractivity contribution >= 4 is 23.2 Å². The minimum Gasteiger partial charge on any atom is -0.496 e. The number of ether oxygens (including phenoxy) is 2. The first-order valence-electron chi connectivity index (χ1n) is 13.0. The number of thiophene rings is 1. The molecule has 194 valence electrons. The van der Waals surface area contributed by atoms with Crippen LogP contribution in [-0.2, 0) is 11.2 Å². The van der Waals surface area contributed by atoms with E-state index in [1.807, 2.05) is 29.2 Å². The summed E-state index contributed by atoms with van der Waals surface area (Å²) in [5.41, 5.74) is 2.91. The molecule has 37 heavy (non-hydrogen) atoms. The van der Waals surface area contributed by atoms with Crippen LogP contribution < -0.4 is 9.47 Å². The lowest BCUT2D eigenvalue weighted by Gasteiger charge is -2.37. The molecule has 0 unspecified atom stereocenters. The van der Waals surface area contributed by atoms with Gasteiger partial charge in [0.1, 0.15) is 24.7 Å². The van der Waals surface area contributed by atoms with Crippen LogP contribution in [0, 0.1) is 0 Å². The molecule has 2 aliphatic rings. The maximum absolute atomic E-state index is 13.8. The van der Waals surface area contributed by atoms with Gasteiger partial charge >= 0.3 is 0 Å². The highest BCUT2D eigenvalue weighted by Gasteiger charge is 2.38. The minimum absolute atomic E-state index is 0.0456. The van der Waals surface area contributed by atoms with Crippen molar-refractivity contribution in [1.29, 1.82) is 0 Å². The second kappa shape index (κ2) is 11.0. The van der Waals surface area contributed by atoms with E-state index in [2.05, 4.69) is 37.4 Å². The Morgan fingerprint density at radius 3 is 2.54 bits per heavy atom. The molecule has 1 fully saturated rings. The third-order valence-electron chi connectivity index (χ3n) is 7.26. The van der Waals surface area contributed by atoms with Crippen molar-refractivity contribution in [3.05, 3.63) is 81.5 Å². The van der Waals surface area contributed by atoms with E-state index in [1.165, 1.54) is 10.4 Å². The molecule has 7 heteroatoms. The highest BCUT2D eigenvalue weighted by Crippen LogP contribution is 2.35. The summed E-state index contributed by atoms with van der Waals surface area (Å²) in [6.45, 7) is 5.39. The minimum atomic E-state index is -0.185. The average molecular weight is 519 g/mol. The van der Waals surface area contributed by atoms with Crippen LogP contribution in [0.5, 0.6) is 11.5 Å². The average Bonchev–Trinajstić information content (AvgIpc) is 3.65. The van der Waals surface area contributed by atoms with Crippen LogP contribution in [0.15, 0.2) is 60.0 Å². The quantitative estimate of drug-likeness (QED) is 0.365. The molecular formula is C30H34N2O4S. The number of benzene rings is 2. The SMILES string of the molecule is COc1ccccc1C(=O)N(CC(=O)N1CCc2sccc2[C@@H]1COc1ccc(C(C)C)cc1)C1CC1. The Labute approximate surface area is 222 Å². The zero-order valence-corrected chi connectivity index (χ0v) is 22.5. The third-order valence-corrected chi connectivity index (χ3v) is 8.26. The largest absolute Gasteiger partial charge is 0.496 e. The van der Waals surface area contributed by atoms with Crippen molar-refractivity contribution < 1.29 is 19.1 Å². The summed E-state index contributed by atoms with van der Waals surface area (Å²) in [5, 5.41) is 2.09. The molecule has 2 amide bonds. The van der Waals surface area contributed by atoms with Crippen LogP contribution in [-0.4, -0.2) is 54.5 Å². The highest BCUT2D eigenvalue weighted by atomic mass is 32.1. The first kappa shape index (κ1) is 25.3. The fourth-order valence-corrected chi connectivity index (χ4v) is 5.89. The second-order valence-electron chi connectivity index (χ2n) is 10.1. The third kappa shape index (κ3) is 5.52. The smallest absolute Gasteiger partial charge is 0.258 e. The van der Waals surface area contributed by atoms with Gasteiger partial charge in [-0.2, -0.15) is 0 Å². The number of carbonyl (C=O) groups is 2. The number of rotatable bonds is 9. The fraction of sp³-hybridized carbons (Fsp3) is 0.400. The van der Waals surface area contributed by atoms with Gasteiger partial charge in [0.25, 0.3) is 5.91 Å². The molecule has 0 radical (unpaired) electrons. The Hall–Kier alpha value is -3.32. The molecule has 2 heterocycles. The van der Waals surface area contributed by atoms with Crippen molar-refractivity contribution in [3.8, 4) is 11.5 Å². The molecule has 3 aromatic rings. The van der Waals surface area contributed by atoms with Gasteiger partial charge in [0.2, 0.25) is 5.91 Å². The predicted molar refractivity (Wildman–Crippen MR) is 146 cm³/mol. The van der Waals surface area contributed by atoms with Crippen molar-refractivity contribution in [2.24, 2.45) is 0 Å². The molecule has 1 saturated carbocycles. The van der Waals surface area contributed by atoms with Gasteiger partial charge in [0.15, 0.2) is 0 Å². The molecule has 6 nitrogen and oxygen atoms in total. The van der Waals surface area contributed by atoms with E-state index < -0.39 is 0 Å². The van der Waals surface area contributed by atoms with Crippen LogP contribution >= 0.6 is 11.3 Å². The van der Waals surface area contributed by atoms with Gasteiger partial charge in [0, 0.05) is 17.5 Å². The Bertz CT molecular complexity index is 1250. The van der Waals surface area contributed by atoms with Crippen molar-refractivity contribution in [2.75, 3.05) is 26.8 Å². The number of hydrogen-bond acceptors (Lipinski definition) is 5. The predicted octanol–water partition coefficient (Wildman–Crippen LogP) is 5.69. The molecule has 0 spiro atoms. The Morgan fingerprint density at radius 1 is 1.08 bits per heavy atom. The number of para-hydroxylation sites is 1. The first-order valence-corrected chi connectivity index (χ1v) is 13.9. The molecule has 0 N–H and O–H groups in total. The monoisotopic (exact) mass is 518 g/mol. The number of nitrogens with zero attached hydrogens (tertiary/aromatic N) is 2. The molecule has 1 aromatic heterocycles. The molecule has 0 saturated heterocycles. The van der Waals surface area contributed by atoms with Gasteiger partial charge in [-0.15, -0.1) is 11.3 Å². The molecule has 2 aromatic carbocycles. The van der Waals surface area contributed by atoms with Crippen LogP contribution in [0.1, 0.15) is 65.0 Å². The van der Waals surface area contributed by atoms with E-state index in [9.17, 15) is 9.59 Å². The molecule has 1 aliphatic carbocycles. The number of carbonyl (C=O) groups excluding carboxylic acids is 2. The Balaban J connectivity index is 1.33. The van der Waals surface area contributed by atoms with Gasteiger partial charge in [-0.1, -0.05) is 38.1 Å². The van der Waals surface area contributed by atoms with E-state index in [0.717, 1.165) is 30.6 Å². The highest BCUT2D eigenvalue weighted by molar-refractivity contribution is 7.10. The summed E-state index contributed by atoms with van der Waals surface area (Å²) in [4.78, 5) is 32.2. The number of hydrogen-bond donors (Lipinski definition) is 0. The van der Waals surface area contributed by atoms with E-state index in [1.54, 1.807) is 35.5 Å². The number of amides is 2. The summed E-state index contributed by atoms with van der Waals surface area (Å²) < 4.78 is 11.6. The van der Waals surface area contributed by atoms with Crippen molar-refractivity contribution in [1.82, 2.24) is 9.80 Å². The Kier molecular flexibility index (Phi) is 7.51. The first-order chi connectivity index (χ1) is 18.0. The van der Waals surface area contributed by atoms with Gasteiger partial charge in [-0.05, 0) is 72.0 Å². The topological polar surface area (TPSA) is 59.1 Å². The lowest BCUT2D eigenvalue weighted by molar-refractivity contribution is -0.135. The summed E-state index contributed by atoms with van der Waals surface area (Å²) in [6.07, 6.45) is 2.66. The van der Waals surface area contributed by atoms with Crippen LogP contribution in [0.2, 0.25) is 0 Å². The summed E-state index contributed by atoms with van der Waals surface area (Å²) in [5.74, 6) is 1.59. The van der Waals surface area contributed by atoms with Crippen molar-refractivity contribution in [2.45, 2.75) is 51.1 Å². The zero-order valence-electron chi connectivity index (χ0n) is 21.7. The van der Waals surface area contributed by atoms with E-state index in [4.69, 9.17) is 9.47 Å². The summed E-state index contributed by atoms with van der Waals surface area (Å²) in [7, 11) is 1.56. The van der Waals surface area contributed by atoms with Gasteiger partial charge in [0.05, 0.1) is 18.7 Å². The lowest BCUT2D eigenvalue weighted by Crippen LogP contribution is -2.48. The molecule has 1 aliphatic heterocycles. The van der Waals surface area contributed by atoms with E-state index in [-0.39, 0.29) is 30.4 Å². The van der Waals surface area contributed by atoms with Gasteiger partial charge < -0.3 is 19.3 Å². The summed E-state index contributed by atoms with van der Waals surface area (Å²) in [6, 6.07) is 17.4.